The minimum atomic E-state index is -0.0828. The van der Waals surface area contributed by atoms with Crippen LogP contribution in [-0.2, 0) is 6.42 Å². The minimum Gasteiger partial charge on any atom is -0.396 e. The molecule has 2 N–H and O–H groups in total. The molecule has 1 saturated heterocycles. The number of hydrogen-bond acceptors (Lipinski definition) is 4. The highest BCUT2D eigenvalue weighted by molar-refractivity contribution is 5.47. The van der Waals surface area contributed by atoms with Gasteiger partial charge in [-0.2, -0.15) is 0 Å². The molecule has 4 nitrogen and oxygen atoms in total. The quantitative estimate of drug-likeness (QED) is 0.795. The van der Waals surface area contributed by atoms with Crippen LogP contribution in [0.25, 0.3) is 0 Å². The van der Waals surface area contributed by atoms with Crippen LogP contribution in [0.4, 0.5) is 5.82 Å². The summed E-state index contributed by atoms with van der Waals surface area (Å²) in [6, 6.07) is 3.96. The molecule has 0 atom stereocenters. The van der Waals surface area contributed by atoms with Crippen molar-refractivity contribution in [3.05, 3.63) is 23.9 Å². The van der Waals surface area contributed by atoms with Gasteiger partial charge in [0.15, 0.2) is 0 Å². The van der Waals surface area contributed by atoms with Gasteiger partial charge in [0.25, 0.3) is 0 Å². The normalized spacial score (nSPS) is 15.8. The Morgan fingerprint density at radius 2 is 1.94 bits per heavy atom. The summed E-state index contributed by atoms with van der Waals surface area (Å²) in [7, 11) is 0. The van der Waals surface area contributed by atoms with Crippen LogP contribution in [0, 0.1) is 5.92 Å². The van der Waals surface area contributed by atoms with Gasteiger partial charge >= 0.3 is 0 Å². The van der Waals surface area contributed by atoms with Crippen LogP contribution in [-0.4, -0.2) is 41.5 Å². The Labute approximate surface area is 102 Å². The zero-order chi connectivity index (χ0) is 12.1. The number of aromatic nitrogens is 1. The Hall–Kier alpha value is -1.13. The molecule has 94 valence electrons. The van der Waals surface area contributed by atoms with Crippen LogP contribution in [0.5, 0.6) is 0 Å². The zero-order valence-electron chi connectivity index (χ0n) is 10.0. The standard InChI is InChI=1S/C13H20N2O2/c16-9-11(10-17)8-12-4-3-5-14-13(12)15-6-1-2-7-15/h3-5,11,16-17H,1-2,6-10H2. The van der Waals surface area contributed by atoms with Gasteiger partial charge in [0.05, 0.1) is 0 Å². The van der Waals surface area contributed by atoms with Crippen molar-refractivity contribution in [2.45, 2.75) is 19.3 Å². The highest BCUT2D eigenvalue weighted by Crippen LogP contribution is 2.23. The van der Waals surface area contributed by atoms with Crippen molar-refractivity contribution >= 4 is 5.82 Å². The van der Waals surface area contributed by atoms with E-state index in [1.54, 1.807) is 0 Å². The van der Waals surface area contributed by atoms with E-state index in [0.717, 1.165) is 24.5 Å². The number of pyridine rings is 1. The Bertz CT molecular complexity index is 347. The Morgan fingerprint density at radius 1 is 1.24 bits per heavy atom. The topological polar surface area (TPSA) is 56.6 Å². The monoisotopic (exact) mass is 236 g/mol. The molecular formula is C13H20N2O2. The van der Waals surface area contributed by atoms with Crippen molar-refractivity contribution in [2.24, 2.45) is 5.92 Å². The molecule has 4 heteroatoms. The first-order chi connectivity index (χ1) is 8.35. The number of aliphatic hydroxyl groups excluding tert-OH is 2. The maximum absolute atomic E-state index is 9.15. The molecular weight excluding hydrogens is 216 g/mol. The molecule has 0 bridgehead atoms. The van der Waals surface area contributed by atoms with E-state index in [4.69, 9.17) is 10.2 Å². The molecule has 0 radical (unpaired) electrons. The van der Waals surface area contributed by atoms with Crippen molar-refractivity contribution < 1.29 is 10.2 Å². The summed E-state index contributed by atoms with van der Waals surface area (Å²) in [5.74, 6) is 0.942. The fourth-order valence-corrected chi connectivity index (χ4v) is 2.30. The van der Waals surface area contributed by atoms with Crippen molar-refractivity contribution in [3.63, 3.8) is 0 Å². The molecule has 0 aromatic carbocycles. The van der Waals surface area contributed by atoms with Crippen LogP contribution in [0.3, 0.4) is 0 Å². The van der Waals surface area contributed by atoms with Gasteiger partial charge in [-0.05, 0) is 30.9 Å². The summed E-state index contributed by atoms with van der Waals surface area (Å²) < 4.78 is 0. The van der Waals surface area contributed by atoms with Crippen LogP contribution in [0.2, 0.25) is 0 Å². The van der Waals surface area contributed by atoms with Crippen molar-refractivity contribution in [3.8, 4) is 0 Å². The Morgan fingerprint density at radius 3 is 2.59 bits per heavy atom. The molecule has 0 unspecified atom stereocenters. The molecule has 0 amide bonds. The molecule has 17 heavy (non-hydrogen) atoms. The SMILES string of the molecule is OCC(CO)Cc1cccnc1N1CCCC1. The van der Waals surface area contributed by atoms with Gasteiger partial charge in [-0.15, -0.1) is 0 Å². The molecule has 1 aliphatic heterocycles. The zero-order valence-corrected chi connectivity index (χ0v) is 10.0. The lowest BCUT2D eigenvalue weighted by Gasteiger charge is -2.21. The Balaban J connectivity index is 2.14. The van der Waals surface area contributed by atoms with Crippen molar-refractivity contribution in [1.82, 2.24) is 4.98 Å². The molecule has 0 aliphatic carbocycles. The van der Waals surface area contributed by atoms with E-state index in [1.165, 1.54) is 12.8 Å². The molecule has 1 fully saturated rings. The summed E-state index contributed by atoms with van der Waals surface area (Å²) in [5.41, 5.74) is 1.13. The lowest BCUT2D eigenvalue weighted by Crippen LogP contribution is -2.22. The number of nitrogens with zero attached hydrogens (tertiary/aromatic N) is 2. The van der Waals surface area contributed by atoms with E-state index in [0.29, 0.717) is 6.42 Å². The van der Waals surface area contributed by atoms with E-state index >= 15 is 0 Å². The van der Waals surface area contributed by atoms with E-state index in [1.807, 2.05) is 18.3 Å². The minimum absolute atomic E-state index is 0.0187. The van der Waals surface area contributed by atoms with Crippen LogP contribution < -0.4 is 4.90 Å². The fourth-order valence-electron chi connectivity index (χ4n) is 2.30. The average Bonchev–Trinajstić information content (AvgIpc) is 2.90. The molecule has 1 aromatic rings. The smallest absolute Gasteiger partial charge is 0.131 e. The van der Waals surface area contributed by atoms with E-state index in [2.05, 4.69) is 9.88 Å². The summed E-state index contributed by atoms with van der Waals surface area (Å²) in [6.07, 6.45) is 4.94. The third kappa shape index (κ3) is 2.96. The molecule has 2 heterocycles. The number of hydrogen-bond donors (Lipinski definition) is 2. The largest absolute Gasteiger partial charge is 0.396 e. The van der Waals surface area contributed by atoms with E-state index in [9.17, 15) is 0 Å². The molecule has 2 rings (SSSR count). The predicted octanol–water partition coefficient (Wildman–Crippen LogP) is 0.825. The van der Waals surface area contributed by atoms with Gasteiger partial charge < -0.3 is 15.1 Å². The molecule has 1 aromatic heterocycles. The van der Waals surface area contributed by atoms with Gasteiger partial charge in [-0.25, -0.2) is 4.98 Å². The number of rotatable bonds is 5. The second-order valence-electron chi connectivity index (χ2n) is 4.62. The van der Waals surface area contributed by atoms with Gasteiger partial charge in [0, 0.05) is 38.4 Å². The third-order valence-corrected chi connectivity index (χ3v) is 3.30. The number of aliphatic hydroxyl groups is 2. The highest BCUT2D eigenvalue weighted by atomic mass is 16.3. The van der Waals surface area contributed by atoms with E-state index in [-0.39, 0.29) is 19.1 Å². The van der Waals surface area contributed by atoms with Gasteiger partial charge in [-0.1, -0.05) is 6.07 Å². The van der Waals surface area contributed by atoms with Crippen LogP contribution in [0.1, 0.15) is 18.4 Å². The van der Waals surface area contributed by atoms with Crippen molar-refractivity contribution in [1.29, 1.82) is 0 Å². The number of anilines is 1. The summed E-state index contributed by atoms with van der Waals surface area (Å²) >= 11 is 0. The third-order valence-electron chi connectivity index (χ3n) is 3.30. The maximum Gasteiger partial charge on any atom is 0.131 e. The Kier molecular flexibility index (Phi) is 4.34. The highest BCUT2D eigenvalue weighted by Gasteiger charge is 2.18. The lowest BCUT2D eigenvalue weighted by molar-refractivity contribution is 0.150. The second-order valence-corrected chi connectivity index (χ2v) is 4.62. The molecule has 0 saturated carbocycles. The first-order valence-electron chi connectivity index (χ1n) is 6.25. The average molecular weight is 236 g/mol. The van der Waals surface area contributed by atoms with Gasteiger partial charge in [0.1, 0.15) is 5.82 Å². The summed E-state index contributed by atoms with van der Waals surface area (Å²) in [4.78, 5) is 6.74. The van der Waals surface area contributed by atoms with Crippen LogP contribution >= 0.6 is 0 Å². The van der Waals surface area contributed by atoms with Crippen LogP contribution in [0.15, 0.2) is 18.3 Å². The first-order valence-corrected chi connectivity index (χ1v) is 6.25. The maximum atomic E-state index is 9.15. The van der Waals surface area contributed by atoms with Gasteiger partial charge in [-0.3, -0.25) is 0 Å². The predicted molar refractivity (Wildman–Crippen MR) is 67.0 cm³/mol. The lowest BCUT2D eigenvalue weighted by atomic mass is 10.0. The molecule has 0 spiro atoms. The first kappa shape index (κ1) is 12.3. The van der Waals surface area contributed by atoms with Crippen molar-refractivity contribution in [2.75, 3.05) is 31.2 Å². The van der Waals surface area contributed by atoms with Gasteiger partial charge in [0.2, 0.25) is 0 Å². The summed E-state index contributed by atoms with van der Waals surface area (Å²) in [5, 5.41) is 18.3. The second kappa shape index (κ2) is 5.98. The fraction of sp³-hybridized carbons (Fsp3) is 0.615. The summed E-state index contributed by atoms with van der Waals surface area (Å²) in [6.45, 7) is 2.16. The van der Waals surface area contributed by atoms with E-state index < -0.39 is 0 Å². The molecule has 1 aliphatic rings.